The van der Waals surface area contributed by atoms with Gasteiger partial charge in [0.15, 0.2) is 0 Å². The van der Waals surface area contributed by atoms with Crippen LogP contribution in [0.2, 0.25) is 0 Å². The maximum atomic E-state index is 10.3. The van der Waals surface area contributed by atoms with Crippen molar-refractivity contribution in [2.24, 2.45) is 0 Å². The number of hydrogen-bond acceptors (Lipinski definition) is 4. The number of unbranched alkanes of at least 4 members (excludes halogenated alkanes) is 28. The van der Waals surface area contributed by atoms with Crippen LogP contribution in [-0.2, 0) is 9.59 Å². The van der Waals surface area contributed by atoms with E-state index in [1.54, 1.807) is 0 Å². The first-order valence-electron chi connectivity index (χ1n) is 18.0. The standard InChI is InChI=1S/2C18H36O2.Ca.H3N/c2*1-2-3-4-5-6-7-8-9-10-11-12-13-14-15-16-17-18(19)20;;/h2*2-17H2,1H3,(H,19,20);;1H3/q;;+1;/p-1. The summed E-state index contributed by atoms with van der Waals surface area (Å²) in [5.41, 5.74) is 0. The number of aliphatic carboxylic acids is 2. The predicted octanol–water partition coefficient (Wildman–Crippen LogP) is 11.1. The summed E-state index contributed by atoms with van der Waals surface area (Å²) in [6.45, 7) is 4.54. The summed E-state index contributed by atoms with van der Waals surface area (Å²) in [4.78, 5) is 20.6. The molecule has 0 aromatic carbocycles. The zero-order valence-electron chi connectivity index (χ0n) is 28.7. The average molecular weight is 625 g/mol. The van der Waals surface area contributed by atoms with Crippen molar-refractivity contribution in [3.05, 3.63) is 0 Å². The second kappa shape index (κ2) is 45.6. The van der Waals surface area contributed by atoms with Crippen molar-refractivity contribution in [3.8, 4) is 0 Å². The molecule has 0 amide bonds. The van der Waals surface area contributed by atoms with Gasteiger partial charge >= 0.3 is 43.7 Å². The second-order valence-corrected chi connectivity index (χ2v) is 12.2. The minimum atomic E-state index is -0.903. The van der Waals surface area contributed by atoms with E-state index in [0.717, 1.165) is 25.7 Å². The number of carbonyl (C=O) groups excluding carboxylic acids is 1. The summed E-state index contributed by atoms with van der Waals surface area (Å²) >= 11 is 0. The third kappa shape index (κ3) is 52.8. The van der Waals surface area contributed by atoms with Gasteiger partial charge in [0.05, 0.1) is 0 Å². The number of rotatable bonds is 32. The fourth-order valence-electron chi connectivity index (χ4n) is 5.29. The minimum absolute atomic E-state index is 0. The topological polar surface area (TPSA) is 112 Å². The van der Waals surface area contributed by atoms with Crippen molar-refractivity contribution in [2.75, 3.05) is 0 Å². The Hall–Kier alpha value is 0.160. The minimum Gasteiger partial charge on any atom is -0.550 e. The van der Waals surface area contributed by atoms with Crippen LogP contribution in [0.1, 0.15) is 219 Å². The first-order chi connectivity index (χ1) is 19.5. The van der Waals surface area contributed by atoms with Crippen molar-refractivity contribution in [3.63, 3.8) is 0 Å². The quantitative estimate of drug-likeness (QED) is 0.0571. The Morgan fingerprint density at radius 1 is 0.405 bits per heavy atom. The Labute approximate surface area is 293 Å². The fourth-order valence-corrected chi connectivity index (χ4v) is 5.29. The van der Waals surface area contributed by atoms with E-state index < -0.39 is 11.9 Å². The van der Waals surface area contributed by atoms with Gasteiger partial charge in [0.2, 0.25) is 0 Å². The summed E-state index contributed by atoms with van der Waals surface area (Å²) < 4.78 is 0. The largest absolute Gasteiger partial charge is 1.00 e. The van der Waals surface area contributed by atoms with Crippen molar-refractivity contribution >= 4 is 49.7 Å². The third-order valence-electron chi connectivity index (χ3n) is 7.98. The van der Waals surface area contributed by atoms with Crippen molar-refractivity contribution in [1.82, 2.24) is 6.15 Å². The summed E-state index contributed by atoms with van der Waals surface area (Å²) in [5, 5.41) is 18.7. The molecule has 6 heteroatoms. The van der Waals surface area contributed by atoms with Gasteiger partial charge in [-0.15, -0.1) is 0 Å². The van der Waals surface area contributed by atoms with Gasteiger partial charge in [-0.05, 0) is 19.3 Å². The molecule has 5 nitrogen and oxygen atoms in total. The third-order valence-corrected chi connectivity index (χ3v) is 7.98. The zero-order valence-corrected chi connectivity index (χ0v) is 30.9. The Bertz CT molecular complexity index is 461. The van der Waals surface area contributed by atoms with Crippen LogP contribution in [0.4, 0.5) is 0 Å². The van der Waals surface area contributed by atoms with E-state index >= 15 is 0 Å². The Morgan fingerprint density at radius 2 is 0.595 bits per heavy atom. The van der Waals surface area contributed by atoms with Gasteiger partial charge in [-0.1, -0.05) is 194 Å². The molecule has 0 aliphatic rings. The van der Waals surface area contributed by atoms with E-state index in [1.807, 2.05) is 0 Å². The molecule has 249 valence electrons. The van der Waals surface area contributed by atoms with Crippen LogP contribution in [0.5, 0.6) is 0 Å². The Balaban J connectivity index is -0.000000328. The number of hydrogen-bond donors (Lipinski definition) is 2. The Kier molecular flexibility index (Phi) is 53.2. The molecule has 4 N–H and O–H groups in total. The molecule has 0 aromatic heterocycles. The molecule has 0 aromatic rings. The molecule has 42 heavy (non-hydrogen) atoms. The summed E-state index contributed by atoms with van der Waals surface area (Å²) in [7, 11) is 0. The zero-order chi connectivity index (χ0) is 29.8. The van der Waals surface area contributed by atoms with Gasteiger partial charge in [0, 0.05) is 12.4 Å². The van der Waals surface area contributed by atoms with Crippen LogP contribution in [0.15, 0.2) is 0 Å². The van der Waals surface area contributed by atoms with Gasteiger partial charge in [0.25, 0.3) is 0 Å². The smallest absolute Gasteiger partial charge is 0.550 e. The normalized spacial score (nSPS) is 10.3. The molecule has 0 heterocycles. The van der Waals surface area contributed by atoms with Crippen molar-refractivity contribution in [2.45, 2.75) is 219 Å². The van der Waals surface area contributed by atoms with E-state index in [4.69, 9.17) is 5.11 Å². The van der Waals surface area contributed by atoms with Gasteiger partial charge in [-0.25, -0.2) is 0 Å². The van der Waals surface area contributed by atoms with Gasteiger partial charge in [-0.2, -0.15) is 0 Å². The van der Waals surface area contributed by atoms with E-state index in [-0.39, 0.29) is 50.3 Å². The monoisotopic (exact) mass is 625 g/mol. The molecule has 0 saturated carbocycles. The Morgan fingerprint density at radius 3 is 0.786 bits per heavy atom. The molecule has 0 bridgehead atoms. The van der Waals surface area contributed by atoms with Gasteiger partial charge in [-0.3, -0.25) is 4.79 Å². The fraction of sp³-hybridized carbons (Fsp3) is 0.944. The van der Waals surface area contributed by atoms with E-state index in [2.05, 4.69) is 13.8 Å². The van der Waals surface area contributed by atoms with Crippen LogP contribution in [0.25, 0.3) is 0 Å². The summed E-state index contributed by atoms with van der Waals surface area (Å²) in [6, 6.07) is 0. The van der Waals surface area contributed by atoms with Crippen LogP contribution < -0.4 is 11.3 Å². The van der Waals surface area contributed by atoms with Crippen molar-refractivity contribution in [1.29, 1.82) is 0 Å². The molecular weight excluding hydrogens is 550 g/mol. The summed E-state index contributed by atoms with van der Waals surface area (Å²) in [6.07, 6.45) is 40.1. The second-order valence-electron chi connectivity index (χ2n) is 12.2. The van der Waals surface area contributed by atoms with Gasteiger partial charge in [0.1, 0.15) is 0 Å². The SMILES string of the molecule is CCCCCCCCCCCCCCCCCC(=O)O.CCCCCCCCCCCCCCCCCC(=O)[O-].N.[Ca+]. The van der Waals surface area contributed by atoms with E-state index in [0.29, 0.717) is 6.42 Å². The molecule has 1 radical (unpaired) electrons. The molecule has 0 spiro atoms. The maximum Gasteiger partial charge on any atom is 1.00 e. The molecule has 0 aliphatic carbocycles. The van der Waals surface area contributed by atoms with Crippen molar-refractivity contribution < 1.29 is 19.8 Å². The summed E-state index contributed by atoms with van der Waals surface area (Å²) in [5.74, 6) is -1.56. The molecule has 0 unspecified atom stereocenters. The number of carboxylic acids is 2. The first kappa shape index (κ1) is 49.0. The van der Waals surface area contributed by atoms with Crippen LogP contribution in [0.3, 0.4) is 0 Å². The maximum absolute atomic E-state index is 10.3. The molecule has 0 aliphatic heterocycles. The number of carbonyl (C=O) groups is 2. The average Bonchev–Trinajstić information content (AvgIpc) is 2.93. The molecule has 0 rings (SSSR count). The van der Waals surface area contributed by atoms with Crippen LogP contribution >= 0.6 is 0 Å². The first-order valence-corrected chi connectivity index (χ1v) is 18.0. The molecular formula is C36H74CaNO4. The van der Waals surface area contributed by atoms with Gasteiger partial charge < -0.3 is 21.2 Å². The molecule has 0 saturated heterocycles. The van der Waals surface area contributed by atoms with E-state index in [9.17, 15) is 14.7 Å². The van der Waals surface area contributed by atoms with E-state index in [1.165, 1.54) is 167 Å². The van der Waals surface area contributed by atoms with Crippen LogP contribution in [0, 0.1) is 0 Å². The number of carboxylic acid groups (broad SMARTS) is 2. The molecule has 0 fully saturated rings. The predicted molar refractivity (Wildman–Crippen MR) is 183 cm³/mol. The molecule has 0 atom stereocenters. The van der Waals surface area contributed by atoms with Crippen LogP contribution in [-0.4, -0.2) is 54.8 Å².